The van der Waals surface area contributed by atoms with E-state index in [9.17, 15) is 0 Å². The third-order valence-electron chi connectivity index (χ3n) is 3.58. The quantitative estimate of drug-likeness (QED) is 0.788. The average molecular weight is 282 g/mol. The molecule has 0 saturated carbocycles. The summed E-state index contributed by atoms with van der Waals surface area (Å²) in [5.41, 5.74) is 0.840. The van der Waals surface area contributed by atoms with Gasteiger partial charge in [0.1, 0.15) is 12.1 Å². The highest BCUT2D eigenvalue weighted by molar-refractivity contribution is 5.53. The number of rotatable bonds is 3. The van der Waals surface area contributed by atoms with Crippen molar-refractivity contribution < 1.29 is 4.52 Å². The summed E-state index contributed by atoms with van der Waals surface area (Å²) in [6, 6.07) is 4.02. The number of imidazole rings is 1. The van der Waals surface area contributed by atoms with Crippen LogP contribution in [-0.4, -0.2) is 31.2 Å². The molecule has 7 heteroatoms. The molecule has 0 radical (unpaired) electrons. The molecule has 3 aromatic heterocycles. The van der Waals surface area contributed by atoms with Crippen molar-refractivity contribution >= 4 is 0 Å². The van der Waals surface area contributed by atoms with Crippen molar-refractivity contribution in [2.45, 2.75) is 18.9 Å². The molecule has 106 valence electrons. The summed E-state index contributed by atoms with van der Waals surface area (Å²) in [7, 11) is 0. The summed E-state index contributed by atoms with van der Waals surface area (Å²) in [4.78, 5) is 12.8. The number of hydrogen-bond acceptors (Lipinski definition) is 6. The Morgan fingerprint density at radius 2 is 2.33 bits per heavy atom. The second kappa shape index (κ2) is 5.10. The third kappa shape index (κ3) is 2.31. The molecule has 1 aliphatic rings. The minimum absolute atomic E-state index is 0.185. The fourth-order valence-corrected chi connectivity index (χ4v) is 2.46. The fraction of sp³-hybridized carbons (Fsp3) is 0.286. The van der Waals surface area contributed by atoms with Gasteiger partial charge in [0, 0.05) is 24.2 Å². The lowest BCUT2D eigenvalue weighted by atomic mass is 10.2. The van der Waals surface area contributed by atoms with Gasteiger partial charge in [-0.25, -0.2) is 9.97 Å². The second-order valence-electron chi connectivity index (χ2n) is 4.98. The summed E-state index contributed by atoms with van der Waals surface area (Å²) in [6.07, 6.45) is 9.20. The van der Waals surface area contributed by atoms with Crippen LogP contribution in [0.5, 0.6) is 0 Å². The molecule has 4 rings (SSSR count). The van der Waals surface area contributed by atoms with Gasteiger partial charge in [0.05, 0.1) is 6.04 Å². The Morgan fingerprint density at radius 3 is 3.05 bits per heavy atom. The number of pyridine rings is 1. The van der Waals surface area contributed by atoms with Gasteiger partial charge < -0.3 is 9.84 Å². The lowest BCUT2D eigenvalue weighted by Gasteiger charge is -2.02. The summed E-state index contributed by atoms with van der Waals surface area (Å²) >= 11 is 0. The first-order valence-corrected chi connectivity index (χ1v) is 6.92. The van der Waals surface area contributed by atoms with Gasteiger partial charge in [0.15, 0.2) is 0 Å². The summed E-state index contributed by atoms with van der Waals surface area (Å²) < 4.78 is 7.18. The lowest BCUT2D eigenvalue weighted by Crippen LogP contribution is -2.12. The zero-order valence-electron chi connectivity index (χ0n) is 11.3. The predicted molar refractivity (Wildman–Crippen MR) is 74.6 cm³/mol. The number of aromatic nitrogens is 5. The van der Waals surface area contributed by atoms with Crippen molar-refractivity contribution in [3.05, 3.63) is 42.9 Å². The Balaban J connectivity index is 1.58. The van der Waals surface area contributed by atoms with Crippen molar-refractivity contribution in [2.24, 2.45) is 0 Å². The zero-order valence-corrected chi connectivity index (χ0v) is 11.3. The molecule has 7 nitrogen and oxygen atoms in total. The Kier molecular flexibility index (Phi) is 2.97. The minimum Gasteiger partial charge on any atom is -0.337 e. The number of hydrogen-bond donors (Lipinski definition) is 1. The summed E-state index contributed by atoms with van der Waals surface area (Å²) in [5, 5.41) is 7.38. The van der Waals surface area contributed by atoms with E-state index in [0.29, 0.717) is 11.7 Å². The predicted octanol–water partition coefficient (Wildman–Crippen LogP) is 1.74. The molecule has 3 aromatic rings. The molecule has 0 aromatic carbocycles. The molecule has 1 atom stereocenters. The maximum atomic E-state index is 5.34. The second-order valence-corrected chi connectivity index (χ2v) is 4.98. The van der Waals surface area contributed by atoms with Crippen LogP contribution in [0.15, 0.2) is 41.6 Å². The molecule has 21 heavy (non-hydrogen) atoms. The van der Waals surface area contributed by atoms with Gasteiger partial charge in [-0.15, -0.1) is 0 Å². The molecule has 0 spiro atoms. The van der Waals surface area contributed by atoms with Gasteiger partial charge in [-0.3, -0.25) is 4.57 Å². The van der Waals surface area contributed by atoms with Crippen LogP contribution >= 0.6 is 0 Å². The van der Waals surface area contributed by atoms with E-state index >= 15 is 0 Å². The largest absolute Gasteiger partial charge is 0.337 e. The SMILES string of the molecule is c1cn(-c2ccc(-c3noc([C@@H]4CCCN4)n3)cn2)cn1. The molecule has 1 aliphatic heterocycles. The summed E-state index contributed by atoms with van der Waals surface area (Å²) in [5.74, 6) is 2.03. The first-order chi connectivity index (χ1) is 10.4. The fourth-order valence-electron chi connectivity index (χ4n) is 2.46. The Hall–Kier alpha value is -2.54. The maximum Gasteiger partial charge on any atom is 0.244 e. The molecule has 1 saturated heterocycles. The van der Waals surface area contributed by atoms with E-state index in [1.165, 1.54) is 0 Å². The van der Waals surface area contributed by atoms with Gasteiger partial charge in [0.25, 0.3) is 0 Å². The van der Waals surface area contributed by atoms with Crippen LogP contribution in [0.2, 0.25) is 0 Å². The monoisotopic (exact) mass is 282 g/mol. The highest BCUT2D eigenvalue weighted by Gasteiger charge is 2.22. The zero-order chi connectivity index (χ0) is 14.1. The summed E-state index contributed by atoms with van der Waals surface area (Å²) in [6.45, 7) is 1.00. The van der Waals surface area contributed by atoms with E-state index in [1.54, 1.807) is 18.7 Å². The minimum atomic E-state index is 0.185. The van der Waals surface area contributed by atoms with Crippen LogP contribution in [0.3, 0.4) is 0 Å². The van der Waals surface area contributed by atoms with E-state index in [-0.39, 0.29) is 6.04 Å². The first kappa shape index (κ1) is 12.2. The lowest BCUT2D eigenvalue weighted by molar-refractivity contribution is 0.345. The van der Waals surface area contributed by atoms with Gasteiger partial charge in [-0.2, -0.15) is 4.98 Å². The van der Waals surface area contributed by atoms with Gasteiger partial charge >= 0.3 is 0 Å². The molecule has 1 fully saturated rings. The van der Waals surface area contributed by atoms with Crippen molar-refractivity contribution in [2.75, 3.05) is 6.54 Å². The van der Waals surface area contributed by atoms with Crippen molar-refractivity contribution in [3.8, 4) is 17.2 Å². The average Bonchev–Trinajstić information content (AvgIpc) is 3.27. The van der Waals surface area contributed by atoms with Crippen LogP contribution < -0.4 is 5.32 Å². The van der Waals surface area contributed by atoms with Crippen LogP contribution in [-0.2, 0) is 0 Å². The van der Waals surface area contributed by atoms with Gasteiger partial charge in [0.2, 0.25) is 11.7 Å². The molecular weight excluding hydrogens is 268 g/mol. The van der Waals surface area contributed by atoms with Crippen LogP contribution in [0.1, 0.15) is 24.8 Å². The smallest absolute Gasteiger partial charge is 0.244 e. The Labute approximate surface area is 121 Å². The normalized spacial score (nSPS) is 18.2. The maximum absolute atomic E-state index is 5.34. The van der Waals surface area contributed by atoms with Gasteiger partial charge in [-0.05, 0) is 31.5 Å². The molecule has 0 bridgehead atoms. The highest BCUT2D eigenvalue weighted by atomic mass is 16.5. The topological polar surface area (TPSA) is 81.7 Å². The van der Waals surface area contributed by atoms with E-state index < -0.39 is 0 Å². The number of nitrogens with zero attached hydrogens (tertiary/aromatic N) is 5. The molecule has 1 N–H and O–H groups in total. The molecule has 0 aliphatic carbocycles. The Bertz CT molecular complexity index is 712. The van der Waals surface area contributed by atoms with E-state index in [1.807, 2.05) is 22.9 Å². The molecule has 0 unspecified atom stereocenters. The van der Waals surface area contributed by atoms with E-state index in [2.05, 4.69) is 25.4 Å². The Morgan fingerprint density at radius 1 is 1.33 bits per heavy atom. The van der Waals surface area contributed by atoms with Crippen LogP contribution in [0.25, 0.3) is 17.2 Å². The standard InChI is InChI=1S/C14H14N6O/c1-2-11(16-5-1)14-18-13(19-21-14)10-3-4-12(17-8-10)20-7-6-15-9-20/h3-4,6-9,11,16H,1-2,5H2/t11-/m0/s1. The van der Waals surface area contributed by atoms with Crippen LogP contribution in [0.4, 0.5) is 0 Å². The number of nitrogens with one attached hydrogen (secondary N) is 1. The van der Waals surface area contributed by atoms with E-state index in [4.69, 9.17) is 4.52 Å². The van der Waals surface area contributed by atoms with Gasteiger partial charge in [-0.1, -0.05) is 5.16 Å². The molecule has 4 heterocycles. The van der Waals surface area contributed by atoms with Crippen LogP contribution in [0, 0.1) is 0 Å². The third-order valence-corrected chi connectivity index (χ3v) is 3.58. The highest BCUT2D eigenvalue weighted by Crippen LogP contribution is 2.24. The first-order valence-electron chi connectivity index (χ1n) is 6.92. The molecule has 0 amide bonds. The van der Waals surface area contributed by atoms with Crippen molar-refractivity contribution in [3.63, 3.8) is 0 Å². The van der Waals surface area contributed by atoms with E-state index in [0.717, 1.165) is 30.8 Å². The molecular formula is C14H14N6O. The van der Waals surface area contributed by atoms with Crippen molar-refractivity contribution in [1.82, 2.24) is 30.0 Å². The van der Waals surface area contributed by atoms with Crippen molar-refractivity contribution in [1.29, 1.82) is 0 Å².